The number of hydrazine groups is 1. The molecule has 0 aliphatic carbocycles. The van der Waals surface area contributed by atoms with Crippen LogP contribution in [0.3, 0.4) is 0 Å². The number of aryl methyl sites for hydroxylation is 1. The van der Waals surface area contributed by atoms with Crippen LogP contribution in [0.15, 0.2) is 6.33 Å². The van der Waals surface area contributed by atoms with E-state index in [9.17, 15) is 4.79 Å². The zero-order chi connectivity index (χ0) is 11.1. The predicted octanol–water partition coefficient (Wildman–Crippen LogP) is -0.205. The van der Waals surface area contributed by atoms with E-state index in [1.165, 1.54) is 0 Å². The highest BCUT2D eigenvalue weighted by Gasteiger charge is 2.33. The van der Waals surface area contributed by atoms with Crippen molar-refractivity contribution < 1.29 is 4.79 Å². The third kappa shape index (κ3) is 1.34. The van der Waals surface area contributed by atoms with Crippen molar-refractivity contribution >= 4 is 6.03 Å². The minimum Gasteiger partial charge on any atom is -0.314 e. The summed E-state index contributed by atoms with van der Waals surface area (Å²) in [6, 6.07) is 0.0255. The van der Waals surface area contributed by atoms with Crippen LogP contribution in [0.4, 0.5) is 4.79 Å². The van der Waals surface area contributed by atoms with Gasteiger partial charge in [0, 0.05) is 26.2 Å². The van der Waals surface area contributed by atoms with Gasteiger partial charge in [0.05, 0.1) is 17.9 Å². The number of aromatic nitrogens is 2. The Hall–Kier alpha value is -1.40. The molecule has 0 saturated carbocycles. The number of amides is 1. The maximum absolute atomic E-state index is 12.1. The molecule has 0 atom stereocenters. The summed E-state index contributed by atoms with van der Waals surface area (Å²) in [4.78, 5) is 16.2. The van der Waals surface area contributed by atoms with E-state index in [4.69, 9.17) is 0 Å². The Kier molecular flexibility index (Phi) is 2.19. The first-order chi connectivity index (χ1) is 7.77. The Morgan fingerprint density at radius 3 is 2.81 bits per heavy atom. The van der Waals surface area contributed by atoms with E-state index in [1.54, 1.807) is 10.9 Å². The Morgan fingerprint density at radius 1 is 1.38 bits per heavy atom. The van der Waals surface area contributed by atoms with Gasteiger partial charge in [-0.25, -0.2) is 14.8 Å². The van der Waals surface area contributed by atoms with Gasteiger partial charge in [-0.1, -0.05) is 0 Å². The van der Waals surface area contributed by atoms with E-state index in [-0.39, 0.29) is 6.03 Å². The van der Waals surface area contributed by atoms with Crippen LogP contribution in [-0.2, 0) is 6.54 Å². The summed E-state index contributed by atoms with van der Waals surface area (Å²) in [5.74, 6) is 0. The molecule has 2 aliphatic heterocycles. The van der Waals surface area contributed by atoms with Crippen LogP contribution >= 0.6 is 0 Å². The first-order valence-electron chi connectivity index (χ1n) is 5.57. The van der Waals surface area contributed by atoms with Crippen LogP contribution in [0.2, 0.25) is 0 Å². The molecule has 0 spiro atoms. The molecule has 1 N–H and O–H groups in total. The molecule has 1 saturated heterocycles. The summed E-state index contributed by atoms with van der Waals surface area (Å²) in [5, 5.41) is 7.22. The van der Waals surface area contributed by atoms with Crippen LogP contribution in [0.5, 0.6) is 0 Å². The Labute approximate surface area is 93.8 Å². The Morgan fingerprint density at radius 2 is 2.12 bits per heavy atom. The van der Waals surface area contributed by atoms with Gasteiger partial charge in [-0.2, -0.15) is 0 Å². The van der Waals surface area contributed by atoms with Gasteiger partial charge in [-0.15, -0.1) is 0 Å². The summed E-state index contributed by atoms with van der Waals surface area (Å²) >= 11 is 0. The van der Waals surface area contributed by atoms with Crippen molar-refractivity contribution in [2.45, 2.75) is 13.5 Å². The van der Waals surface area contributed by atoms with Crippen molar-refractivity contribution in [3.05, 3.63) is 17.7 Å². The number of nitrogens with zero attached hydrogens (tertiary/aromatic N) is 4. The smallest absolute Gasteiger partial charge is 0.314 e. The zero-order valence-electron chi connectivity index (χ0n) is 9.31. The van der Waals surface area contributed by atoms with Gasteiger partial charge in [0.1, 0.15) is 6.33 Å². The lowest BCUT2D eigenvalue weighted by atomic mass is 10.3. The van der Waals surface area contributed by atoms with Crippen LogP contribution in [0, 0.1) is 6.92 Å². The summed E-state index contributed by atoms with van der Waals surface area (Å²) in [7, 11) is 0. The summed E-state index contributed by atoms with van der Waals surface area (Å²) < 4.78 is 1.65. The number of rotatable bonds is 1. The number of imidazole rings is 1. The van der Waals surface area contributed by atoms with Crippen LogP contribution in [0.25, 0.3) is 0 Å². The van der Waals surface area contributed by atoms with E-state index in [2.05, 4.69) is 15.3 Å². The molecular weight excluding hydrogens is 206 g/mol. The Bertz CT molecular complexity index is 421. The third-order valence-electron chi connectivity index (χ3n) is 3.24. The average Bonchev–Trinajstić information content (AvgIpc) is 2.83. The largest absolute Gasteiger partial charge is 0.344 e. The van der Waals surface area contributed by atoms with Crippen molar-refractivity contribution in [3.63, 3.8) is 0 Å². The Balaban J connectivity index is 1.83. The SMILES string of the molecule is Cc1ncn2c1CN(N1CCNCC1)C2=O. The number of hydrogen-bond donors (Lipinski definition) is 1. The summed E-state index contributed by atoms with van der Waals surface area (Å²) in [6.07, 6.45) is 1.62. The minimum absolute atomic E-state index is 0.0255. The molecule has 0 unspecified atom stereocenters. The van der Waals surface area contributed by atoms with Crippen molar-refractivity contribution in [2.24, 2.45) is 0 Å². The topological polar surface area (TPSA) is 53.4 Å². The van der Waals surface area contributed by atoms with E-state index >= 15 is 0 Å². The molecule has 1 aromatic rings. The normalized spacial score (nSPS) is 21.6. The van der Waals surface area contributed by atoms with E-state index in [1.807, 2.05) is 11.9 Å². The molecule has 2 aliphatic rings. The average molecular weight is 221 g/mol. The molecule has 6 heteroatoms. The molecule has 6 nitrogen and oxygen atoms in total. The van der Waals surface area contributed by atoms with Gasteiger partial charge >= 0.3 is 6.03 Å². The molecule has 16 heavy (non-hydrogen) atoms. The number of carbonyl (C=O) groups excluding carboxylic acids is 1. The lowest BCUT2D eigenvalue weighted by Gasteiger charge is -2.34. The van der Waals surface area contributed by atoms with Crippen molar-refractivity contribution in [3.8, 4) is 0 Å². The first-order valence-corrected chi connectivity index (χ1v) is 5.57. The molecule has 0 aromatic carbocycles. The van der Waals surface area contributed by atoms with E-state index in [0.29, 0.717) is 6.54 Å². The maximum Gasteiger partial charge on any atom is 0.344 e. The molecule has 3 rings (SSSR count). The molecule has 3 heterocycles. The van der Waals surface area contributed by atoms with Crippen molar-refractivity contribution in [2.75, 3.05) is 26.2 Å². The second-order valence-corrected chi connectivity index (χ2v) is 4.19. The fourth-order valence-corrected chi connectivity index (χ4v) is 2.27. The minimum atomic E-state index is 0.0255. The van der Waals surface area contributed by atoms with Gasteiger partial charge in [0.25, 0.3) is 0 Å². The van der Waals surface area contributed by atoms with Crippen LogP contribution in [-0.4, -0.2) is 51.8 Å². The molecule has 0 bridgehead atoms. The molecule has 1 aromatic heterocycles. The number of fused-ring (bicyclic) bond motifs is 1. The van der Waals surface area contributed by atoms with Crippen LogP contribution < -0.4 is 5.32 Å². The predicted molar refractivity (Wildman–Crippen MR) is 57.7 cm³/mol. The highest BCUT2D eigenvalue weighted by molar-refractivity contribution is 5.80. The lowest BCUT2D eigenvalue weighted by molar-refractivity contribution is 0.00792. The van der Waals surface area contributed by atoms with E-state index < -0.39 is 0 Å². The molecule has 86 valence electrons. The number of nitrogens with one attached hydrogen (secondary N) is 1. The zero-order valence-corrected chi connectivity index (χ0v) is 9.31. The first kappa shape index (κ1) is 9.80. The standard InChI is InChI=1S/C10H15N5O/c1-8-9-6-15(10(16)14(9)7-12-8)13-4-2-11-3-5-13/h7,11H,2-6H2,1H3. The highest BCUT2D eigenvalue weighted by Crippen LogP contribution is 2.20. The van der Waals surface area contributed by atoms with Gasteiger partial charge in [-0.3, -0.25) is 9.58 Å². The van der Waals surface area contributed by atoms with Gasteiger partial charge < -0.3 is 5.32 Å². The van der Waals surface area contributed by atoms with Gasteiger partial charge in [0.15, 0.2) is 0 Å². The second kappa shape index (κ2) is 3.57. The number of piperazine rings is 1. The fourth-order valence-electron chi connectivity index (χ4n) is 2.27. The molecular formula is C10H15N5O. The van der Waals surface area contributed by atoms with Crippen molar-refractivity contribution in [1.29, 1.82) is 0 Å². The highest BCUT2D eigenvalue weighted by atomic mass is 16.2. The molecule has 1 amide bonds. The molecule has 0 radical (unpaired) electrons. The number of carbonyl (C=O) groups is 1. The third-order valence-corrected chi connectivity index (χ3v) is 3.24. The van der Waals surface area contributed by atoms with Crippen molar-refractivity contribution in [1.82, 2.24) is 24.9 Å². The van der Waals surface area contributed by atoms with Gasteiger partial charge in [-0.05, 0) is 6.92 Å². The molecule has 1 fully saturated rings. The van der Waals surface area contributed by atoms with Gasteiger partial charge in [0.2, 0.25) is 0 Å². The summed E-state index contributed by atoms with van der Waals surface area (Å²) in [5.41, 5.74) is 1.97. The fraction of sp³-hybridized carbons (Fsp3) is 0.600. The maximum atomic E-state index is 12.1. The second-order valence-electron chi connectivity index (χ2n) is 4.19. The van der Waals surface area contributed by atoms with Crippen LogP contribution in [0.1, 0.15) is 11.4 Å². The monoisotopic (exact) mass is 221 g/mol. The quantitative estimate of drug-likeness (QED) is 0.713. The number of hydrogen-bond acceptors (Lipinski definition) is 4. The lowest BCUT2D eigenvalue weighted by Crippen LogP contribution is -2.52. The summed E-state index contributed by atoms with van der Waals surface area (Å²) in [6.45, 7) is 6.27. The van der Waals surface area contributed by atoms with E-state index in [0.717, 1.165) is 37.6 Å².